The Morgan fingerprint density at radius 2 is 1.62 bits per heavy atom. The molecule has 1 saturated carbocycles. The molecule has 0 atom stereocenters. The van der Waals surface area contributed by atoms with Crippen LogP contribution in [0.5, 0.6) is 0 Å². The fraction of sp³-hybridized carbons (Fsp3) is 0.600. The van der Waals surface area contributed by atoms with E-state index in [4.69, 9.17) is 7.85 Å². The Hall–Kier alpha value is -0.595. The standard InChI is InChI=1S/C5H5BO2/c6-5-3(7)1-2-4(5)8/h5H,1-2H2. The highest BCUT2D eigenvalue weighted by Gasteiger charge is 2.27. The van der Waals surface area contributed by atoms with Crippen molar-refractivity contribution in [1.82, 2.24) is 0 Å². The van der Waals surface area contributed by atoms with Crippen LogP contribution in [0.15, 0.2) is 0 Å². The van der Waals surface area contributed by atoms with Crippen molar-refractivity contribution >= 4 is 19.4 Å². The van der Waals surface area contributed by atoms with Gasteiger partial charge in [-0.15, -0.1) is 0 Å². The molecule has 1 rings (SSSR count). The van der Waals surface area contributed by atoms with Crippen LogP contribution in [0.1, 0.15) is 12.8 Å². The summed E-state index contributed by atoms with van der Waals surface area (Å²) in [5.41, 5.74) is 0. The molecule has 0 unspecified atom stereocenters. The summed E-state index contributed by atoms with van der Waals surface area (Å²) in [5, 5.41) is 0. The Kier molecular flexibility index (Phi) is 1.20. The van der Waals surface area contributed by atoms with Crippen LogP contribution in [0.2, 0.25) is 5.82 Å². The van der Waals surface area contributed by atoms with Gasteiger partial charge in [-0.1, -0.05) is 0 Å². The van der Waals surface area contributed by atoms with E-state index in [1.165, 1.54) is 0 Å². The summed E-state index contributed by atoms with van der Waals surface area (Å²) in [5.74, 6) is -1.03. The van der Waals surface area contributed by atoms with Crippen molar-refractivity contribution in [3.05, 3.63) is 0 Å². The largest absolute Gasteiger partial charge is 0.300 e. The molecular weight excluding hydrogens is 103 g/mol. The Labute approximate surface area is 48.7 Å². The minimum atomic E-state index is -0.796. The summed E-state index contributed by atoms with van der Waals surface area (Å²) >= 11 is 0. The van der Waals surface area contributed by atoms with Gasteiger partial charge in [-0.25, -0.2) is 0 Å². The Balaban J connectivity index is 2.70. The fourth-order valence-electron chi connectivity index (χ4n) is 0.737. The van der Waals surface area contributed by atoms with Crippen molar-refractivity contribution in [1.29, 1.82) is 0 Å². The zero-order chi connectivity index (χ0) is 6.15. The predicted octanol–water partition coefficient (Wildman–Crippen LogP) is -0.125. The molecule has 40 valence electrons. The highest BCUT2D eigenvalue weighted by atomic mass is 16.2. The van der Waals surface area contributed by atoms with Crippen molar-refractivity contribution in [3.63, 3.8) is 0 Å². The molecule has 2 nitrogen and oxygen atoms in total. The topological polar surface area (TPSA) is 34.1 Å². The van der Waals surface area contributed by atoms with Crippen molar-refractivity contribution in [2.24, 2.45) is 0 Å². The number of rotatable bonds is 0. The number of carbonyl (C=O) groups excluding carboxylic acids is 2. The molecular formula is C5H5BO2. The Morgan fingerprint density at radius 1 is 1.25 bits per heavy atom. The first-order valence-corrected chi connectivity index (χ1v) is 2.53. The summed E-state index contributed by atoms with van der Waals surface area (Å²) in [7, 11) is 5.12. The molecule has 1 fully saturated rings. The lowest BCUT2D eigenvalue weighted by Gasteiger charge is -1.90. The summed E-state index contributed by atoms with van der Waals surface area (Å²) in [4.78, 5) is 20.9. The van der Waals surface area contributed by atoms with E-state index >= 15 is 0 Å². The molecule has 2 radical (unpaired) electrons. The van der Waals surface area contributed by atoms with Crippen LogP contribution in [0.25, 0.3) is 0 Å². The molecule has 0 amide bonds. The van der Waals surface area contributed by atoms with Crippen LogP contribution < -0.4 is 0 Å². The SMILES string of the molecule is [B]C1C(=O)CCC1=O. The number of ketones is 2. The second-order valence-corrected chi connectivity index (χ2v) is 1.91. The lowest BCUT2D eigenvalue weighted by atomic mass is 9.85. The molecule has 1 aliphatic rings. The smallest absolute Gasteiger partial charge is 0.134 e. The minimum absolute atomic E-state index is 0.116. The average Bonchev–Trinajstić information content (AvgIpc) is 1.98. The van der Waals surface area contributed by atoms with Crippen LogP contribution >= 0.6 is 0 Å². The predicted molar refractivity (Wildman–Crippen MR) is 28.8 cm³/mol. The van der Waals surface area contributed by atoms with Crippen LogP contribution in [0.3, 0.4) is 0 Å². The number of carbonyl (C=O) groups is 2. The summed E-state index contributed by atoms with van der Waals surface area (Å²) in [6.45, 7) is 0. The molecule has 0 saturated heterocycles. The molecule has 3 heteroatoms. The van der Waals surface area contributed by atoms with E-state index in [1.807, 2.05) is 0 Å². The monoisotopic (exact) mass is 108 g/mol. The Bertz CT molecular complexity index is 125. The first kappa shape index (κ1) is 5.54. The number of Topliss-reactive ketones (excluding diaryl/α,β-unsaturated/α-hetero) is 2. The summed E-state index contributed by atoms with van der Waals surface area (Å²) in [6.07, 6.45) is 0.694. The van der Waals surface area contributed by atoms with Crippen LogP contribution in [-0.4, -0.2) is 19.4 Å². The van der Waals surface area contributed by atoms with Crippen molar-refractivity contribution in [3.8, 4) is 0 Å². The Morgan fingerprint density at radius 3 is 1.75 bits per heavy atom. The van der Waals surface area contributed by atoms with E-state index in [0.717, 1.165) is 0 Å². The highest BCUT2D eigenvalue weighted by Crippen LogP contribution is 2.18. The van der Waals surface area contributed by atoms with Gasteiger partial charge in [-0.2, -0.15) is 0 Å². The van der Waals surface area contributed by atoms with E-state index < -0.39 is 5.82 Å². The van der Waals surface area contributed by atoms with E-state index in [0.29, 0.717) is 12.8 Å². The second-order valence-electron chi connectivity index (χ2n) is 1.91. The average molecular weight is 108 g/mol. The molecule has 0 aliphatic heterocycles. The van der Waals surface area contributed by atoms with Gasteiger partial charge < -0.3 is 0 Å². The van der Waals surface area contributed by atoms with Crippen LogP contribution in [-0.2, 0) is 9.59 Å². The normalized spacial score (nSPS) is 22.5. The van der Waals surface area contributed by atoms with E-state index in [9.17, 15) is 9.59 Å². The zero-order valence-electron chi connectivity index (χ0n) is 4.39. The lowest BCUT2D eigenvalue weighted by Crippen LogP contribution is -2.05. The highest BCUT2D eigenvalue weighted by molar-refractivity contribution is 6.39. The summed E-state index contributed by atoms with van der Waals surface area (Å²) < 4.78 is 0. The third kappa shape index (κ3) is 0.682. The molecule has 1 aliphatic carbocycles. The van der Waals surface area contributed by atoms with E-state index in [1.54, 1.807) is 0 Å². The maximum absolute atomic E-state index is 10.4. The van der Waals surface area contributed by atoms with Gasteiger partial charge in [0.1, 0.15) is 11.6 Å². The van der Waals surface area contributed by atoms with Crippen molar-refractivity contribution < 1.29 is 9.59 Å². The number of hydrogen-bond acceptors (Lipinski definition) is 2. The van der Waals surface area contributed by atoms with Gasteiger partial charge >= 0.3 is 0 Å². The third-order valence-corrected chi connectivity index (χ3v) is 1.31. The molecule has 0 aromatic carbocycles. The second kappa shape index (κ2) is 1.73. The van der Waals surface area contributed by atoms with Gasteiger partial charge in [0.2, 0.25) is 0 Å². The quantitative estimate of drug-likeness (QED) is 0.320. The minimum Gasteiger partial charge on any atom is -0.300 e. The first-order valence-electron chi connectivity index (χ1n) is 2.53. The maximum Gasteiger partial charge on any atom is 0.134 e. The van der Waals surface area contributed by atoms with Gasteiger partial charge in [-0.05, 0) is 0 Å². The zero-order valence-corrected chi connectivity index (χ0v) is 4.39. The molecule has 0 aromatic heterocycles. The van der Waals surface area contributed by atoms with Crippen molar-refractivity contribution in [2.75, 3.05) is 0 Å². The van der Waals surface area contributed by atoms with Crippen molar-refractivity contribution in [2.45, 2.75) is 18.7 Å². The summed E-state index contributed by atoms with van der Waals surface area (Å²) in [6, 6.07) is 0. The van der Waals surface area contributed by atoms with Gasteiger partial charge in [0, 0.05) is 18.7 Å². The maximum atomic E-state index is 10.4. The first-order chi connectivity index (χ1) is 3.72. The molecule has 0 spiro atoms. The van der Waals surface area contributed by atoms with Crippen LogP contribution in [0, 0.1) is 0 Å². The van der Waals surface area contributed by atoms with Gasteiger partial charge in [0.05, 0.1) is 7.85 Å². The van der Waals surface area contributed by atoms with Gasteiger partial charge in [0.15, 0.2) is 0 Å². The molecule has 0 heterocycles. The lowest BCUT2D eigenvalue weighted by molar-refractivity contribution is -0.121. The molecule has 0 bridgehead atoms. The molecule has 0 aromatic rings. The number of hydrogen-bond donors (Lipinski definition) is 0. The molecule has 0 N–H and O–H groups in total. The van der Waals surface area contributed by atoms with Crippen LogP contribution in [0.4, 0.5) is 0 Å². The van der Waals surface area contributed by atoms with E-state index in [-0.39, 0.29) is 11.6 Å². The van der Waals surface area contributed by atoms with Gasteiger partial charge in [-0.3, -0.25) is 9.59 Å². The third-order valence-electron chi connectivity index (χ3n) is 1.31. The fourth-order valence-corrected chi connectivity index (χ4v) is 0.737. The molecule has 8 heavy (non-hydrogen) atoms. The van der Waals surface area contributed by atoms with Gasteiger partial charge in [0.25, 0.3) is 0 Å². The van der Waals surface area contributed by atoms with E-state index in [2.05, 4.69) is 0 Å².